The van der Waals surface area contributed by atoms with Gasteiger partial charge in [0.2, 0.25) is 0 Å². The van der Waals surface area contributed by atoms with E-state index in [1.807, 2.05) is 0 Å². The molecule has 0 aromatic heterocycles. The highest BCUT2D eigenvalue weighted by Crippen LogP contribution is 2.25. The highest BCUT2D eigenvalue weighted by molar-refractivity contribution is 5.64. The van der Waals surface area contributed by atoms with E-state index in [2.05, 4.69) is 5.73 Å². The normalized spacial score (nSPS) is 15.1. The number of allylic oxidation sites excluding steroid dienone is 1. The highest BCUT2D eigenvalue weighted by atomic mass is 16.1. The van der Waals surface area contributed by atoms with E-state index in [4.69, 9.17) is 0 Å². The maximum atomic E-state index is 9.61. The van der Waals surface area contributed by atoms with Gasteiger partial charge in [-0.25, -0.2) is 0 Å². The lowest BCUT2D eigenvalue weighted by Crippen LogP contribution is -1.49. The average Bonchev–Trinajstić information content (AvgIpc) is 2.42. The van der Waals surface area contributed by atoms with Crippen LogP contribution in [0.2, 0.25) is 0 Å². The van der Waals surface area contributed by atoms with Crippen molar-refractivity contribution in [1.29, 1.82) is 0 Å². The van der Waals surface area contributed by atoms with Crippen molar-refractivity contribution in [3.8, 4) is 0 Å². The second kappa shape index (κ2) is 1.76. The molecule has 1 aliphatic rings. The number of aldehydes is 1. The van der Waals surface area contributed by atoms with E-state index in [-0.39, 0.29) is 0 Å². The van der Waals surface area contributed by atoms with Crippen LogP contribution >= 0.6 is 0 Å². The van der Waals surface area contributed by atoms with Gasteiger partial charge in [-0.05, 0) is 18.4 Å². The van der Waals surface area contributed by atoms with E-state index in [1.54, 1.807) is 0 Å². The summed E-state index contributed by atoms with van der Waals surface area (Å²) in [6.45, 7) is 0. The smallest absolute Gasteiger partial charge is 0.150 e. The Hall–Kier alpha value is -0.810. The molecule has 1 aliphatic carbocycles. The van der Waals surface area contributed by atoms with Gasteiger partial charge in [-0.2, -0.15) is 0 Å². The van der Waals surface area contributed by atoms with Crippen LogP contribution in [0.3, 0.4) is 0 Å². The van der Waals surface area contributed by atoms with Gasteiger partial charge in [0.05, 0.1) is 0 Å². The summed E-state index contributed by atoms with van der Waals surface area (Å²) in [6, 6.07) is 0. The zero-order chi connectivity index (χ0) is 5.11. The van der Waals surface area contributed by atoms with E-state index in [9.17, 15) is 4.79 Å². The van der Waals surface area contributed by atoms with Crippen LogP contribution < -0.4 is 0 Å². The quantitative estimate of drug-likeness (QED) is 0.270. The third-order valence-electron chi connectivity index (χ3n) is 0.855. The summed E-state index contributed by atoms with van der Waals surface area (Å²) in [6.07, 6.45) is 4.46. The van der Waals surface area contributed by atoms with Crippen LogP contribution in [0, 0.1) is 0 Å². The molecule has 36 valence electrons. The van der Waals surface area contributed by atoms with Crippen LogP contribution in [0.15, 0.2) is 17.4 Å². The summed E-state index contributed by atoms with van der Waals surface area (Å²) in [5, 5.41) is 0. The van der Waals surface area contributed by atoms with Crippen LogP contribution in [0.25, 0.3) is 0 Å². The van der Waals surface area contributed by atoms with Gasteiger partial charge >= 0.3 is 0 Å². The number of carbonyl (C=O) groups excluding carboxylic acids is 1. The summed E-state index contributed by atoms with van der Waals surface area (Å²) in [4.78, 5) is 9.61. The third kappa shape index (κ3) is 1.38. The van der Waals surface area contributed by atoms with Gasteiger partial charge in [0, 0.05) is 6.08 Å². The van der Waals surface area contributed by atoms with Crippen molar-refractivity contribution in [1.82, 2.24) is 0 Å². The van der Waals surface area contributed by atoms with E-state index >= 15 is 0 Å². The number of hydrogen-bond donors (Lipinski definition) is 0. The first-order valence-corrected chi connectivity index (χ1v) is 2.31. The first-order chi connectivity index (χ1) is 3.43. The molecule has 1 fully saturated rings. The predicted molar refractivity (Wildman–Crippen MR) is 26.9 cm³/mol. The molecule has 1 heteroatoms. The van der Waals surface area contributed by atoms with Gasteiger partial charge in [0.1, 0.15) is 0 Å². The summed E-state index contributed by atoms with van der Waals surface area (Å²) >= 11 is 0. The van der Waals surface area contributed by atoms with Crippen LogP contribution in [0.1, 0.15) is 12.8 Å². The molecule has 1 nitrogen and oxygen atoms in total. The molecule has 0 atom stereocenters. The Balaban J connectivity index is 2.57. The second-order valence-corrected chi connectivity index (χ2v) is 1.55. The molecule has 0 amide bonds. The minimum Gasteiger partial charge on any atom is -0.298 e. The summed E-state index contributed by atoms with van der Waals surface area (Å²) in [5.74, 6) is 0. The number of hydrogen-bond acceptors (Lipinski definition) is 1. The molecule has 0 bridgehead atoms. The van der Waals surface area contributed by atoms with Crippen molar-refractivity contribution in [3.05, 3.63) is 17.4 Å². The Morgan fingerprint density at radius 2 is 2.29 bits per heavy atom. The Morgan fingerprint density at radius 1 is 1.57 bits per heavy atom. The molecule has 0 N–H and O–H groups in total. The molecule has 7 heavy (non-hydrogen) atoms. The van der Waals surface area contributed by atoms with Gasteiger partial charge in [0.25, 0.3) is 0 Å². The fourth-order valence-corrected chi connectivity index (χ4v) is 0.359. The lowest BCUT2D eigenvalue weighted by Gasteiger charge is -1.52. The van der Waals surface area contributed by atoms with Gasteiger partial charge < -0.3 is 0 Å². The molecule has 1 rings (SSSR count). The Morgan fingerprint density at radius 3 is 2.71 bits per heavy atom. The van der Waals surface area contributed by atoms with Crippen LogP contribution in [0.4, 0.5) is 0 Å². The molecule has 0 unspecified atom stereocenters. The average molecular weight is 94.1 g/mol. The van der Waals surface area contributed by atoms with Crippen molar-refractivity contribution in [2.45, 2.75) is 12.8 Å². The van der Waals surface area contributed by atoms with E-state index in [0.29, 0.717) is 0 Å². The van der Waals surface area contributed by atoms with E-state index < -0.39 is 0 Å². The van der Waals surface area contributed by atoms with Gasteiger partial charge in [-0.3, -0.25) is 4.79 Å². The molecule has 0 aromatic carbocycles. The minimum atomic E-state index is 0.755. The maximum absolute atomic E-state index is 9.61. The molecule has 0 saturated heterocycles. The summed E-state index contributed by atoms with van der Waals surface area (Å²) < 4.78 is 0. The van der Waals surface area contributed by atoms with Crippen LogP contribution in [0.5, 0.6) is 0 Å². The first-order valence-electron chi connectivity index (χ1n) is 2.31. The van der Waals surface area contributed by atoms with Crippen LogP contribution in [-0.2, 0) is 4.79 Å². The van der Waals surface area contributed by atoms with Crippen molar-refractivity contribution in [2.24, 2.45) is 0 Å². The van der Waals surface area contributed by atoms with Crippen molar-refractivity contribution >= 4 is 6.29 Å². The molecule has 0 aromatic rings. The Labute approximate surface area is 42.3 Å². The largest absolute Gasteiger partial charge is 0.298 e. The zero-order valence-electron chi connectivity index (χ0n) is 3.98. The van der Waals surface area contributed by atoms with Crippen molar-refractivity contribution < 1.29 is 4.79 Å². The number of rotatable bonds is 1. The first kappa shape index (κ1) is 4.35. The predicted octanol–water partition coefficient (Wildman–Crippen LogP) is 1.06. The summed E-state index contributed by atoms with van der Waals surface area (Å²) in [7, 11) is 0. The Kier molecular flexibility index (Phi) is 1.10. The molecule has 1 saturated carbocycles. The zero-order valence-corrected chi connectivity index (χ0v) is 3.98. The van der Waals surface area contributed by atoms with Gasteiger partial charge in [0.15, 0.2) is 6.29 Å². The molecule has 0 heterocycles. The third-order valence-corrected chi connectivity index (χ3v) is 0.855. The lowest BCUT2D eigenvalue weighted by molar-refractivity contribution is -0.104. The number of carbonyl (C=O) groups is 1. The topological polar surface area (TPSA) is 17.1 Å². The van der Waals surface area contributed by atoms with E-state index in [0.717, 1.165) is 19.1 Å². The monoisotopic (exact) mass is 94.0 g/mol. The summed E-state index contributed by atoms with van der Waals surface area (Å²) in [5.41, 5.74) is 4.10. The van der Waals surface area contributed by atoms with Gasteiger partial charge in [-0.15, -0.1) is 5.73 Å². The lowest BCUT2D eigenvalue weighted by atomic mass is 10.6. The molecule has 0 spiro atoms. The molecular weight excluding hydrogens is 88.1 g/mol. The molecule has 0 aliphatic heterocycles. The fraction of sp³-hybridized carbons (Fsp3) is 0.333. The standard InChI is InChI=1S/C6H6O/c7-5-1-2-6-3-4-6/h1,5H,3-4H2. The van der Waals surface area contributed by atoms with Crippen molar-refractivity contribution in [3.63, 3.8) is 0 Å². The fourth-order valence-electron chi connectivity index (χ4n) is 0.359. The molecular formula is C6H6O. The second-order valence-electron chi connectivity index (χ2n) is 1.55. The minimum absolute atomic E-state index is 0.755. The highest BCUT2D eigenvalue weighted by Gasteiger charge is 2.07. The SMILES string of the molecule is O=CC=C=C1CC1. The molecule has 0 radical (unpaired) electrons. The van der Waals surface area contributed by atoms with Gasteiger partial charge in [-0.1, -0.05) is 0 Å². The van der Waals surface area contributed by atoms with Crippen LogP contribution in [-0.4, -0.2) is 6.29 Å². The maximum Gasteiger partial charge on any atom is 0.150 e. The Bertz CT molecular complexity index is 132. The van der Waals surface area contributed by atoms with E-state index in [1.165, 1.54) is 11.6 Å². The van der Waals surface area contributed by atoms with Crippen molar-refractivity contribution in [2.75, 3.05) is 0 Å².